The molecule has 0 aromatic carbocycles. The van der Waals surface area contributed by atoms with Crippen LogP contribution in [-0.2, 0) is 42.2 Å². The summed E-state index contributed by atoms with van der Waals surface area (Å²) in [6.07, 6.45) is 54.9. The number of hydrogen-bond donors (Lipinski definition) is 2. The molecule has 0 aromatic rings. The van der Waals surface area contributed by atoms with Gasteiger partial charge in [0.05, 0.1) is 19.8 Å². The Morgan fingerprint density at radius 1 is 0.400 bits per heavy atom. The summed E-state index contributed by atoms with van der Waals surface area (Å²) in [6.45, 7) is 4.58. The predicted octanol–water partition coefficient (Wildman–Crippen LogP) is 16.6. The highest BCUT2D eigenvalue weighted by Crippen LogP contribution is 2.43. The average Bonchev–Trinajstić information content (AvgIpc) is 3.35. The van der Waals surface area contributed by atoms with Crippen LogP contribution in [-0.4, -0.2) is 66.5 Å². The molecule has 0 amide bonds. The normalized spacial score (nSPS) is 13.7. The number of rotatable bonds is 53. The van der Waals surface area contributed by atoms with Crippen LogP contribution in [0.3, 0.4) is 0 Å². The van der Waals surface area contributed by atoms with Crippen LogP contribution in [0.2, 0.25) is 0 Å². The Labute approximate surface area is 428 Å². The predicted molar refractivity (Wildman–Crippen MR) is 289 cm³/mol. The van der Waals surface area contributed by atoms with Gasteiger partial charge in [-0.25, -0.2) is 4.57 Å². The van der Waals surface area contributed by atoms with Gasteiger partial charge in [-0.3, -0.25) is 23.4 Å². The summed E-state index contributed by atoms with van der Waals surface area (Å²) in [6, 6.07) is 0. The third-order valence-electron chi connectivity index (χ3n) is 12.2. The van der Waals surface area contributed by atoms with Crippen LogP contribution in [0, 0.1) is 0 Å². The van der Waals surface area contributed by atoms with Gasteiger partial charge < -0.3 is 24.2 Å². The number of phosphoric acid groups is 1. The quantitative estimate of drug-likeness (QED) is 0.0197. The third kappa shape index (κ3) is 50.4. The number of ether oxygens (including phenoxy) is 3. The maximum atomic E-state index is 12.9. The molecule has 0 heterocycles. The molecule has 408 valence electrons. The van der Waals surface area contributed by atoms with Crippen LogP contribution in [0.5, 0.6) is 0 Å². The van der Waals surface area contributed by atoms with Gasteiger partial charge in [0.1, 0.15) is 12.7 Å². The zero-order valence-electron chi connectivity index (χ0n) is 45.0. The summed E-state index contributed by atoms with van der Waals surface area (Å²) < 4.78 is 39.5. The second-order valence-electron chi connectivity index (χ2n) is 19.1. The zero-order valence-corrected chi connectivity index (χ0v) is 45.9. The number of carbonyl (C=O) groups is 3. The minimum Gasteiger partial charge on any atom is -0.462 e. The lowest BCUT2D eigenvalue weighted by Crippen LogP contribution is -2.30. The van der Waals surface area contributed by atoms with E-state index in [-0.39, 0.29) is 25.9 Å². The smallest absolute Gasteiger partial charge is 0.462 e. The summed E-state index contributed by atoms with van der Waals surface area (Å²) >= 11 is 0. The molecule has 2 N–H and O–H groups in total. The Bertz CT molecular complexity index is 1360. The van der Waals surface area contributed by atoms with E-state index >= 15 is 0 Å². The number of carbonyl (C=O) groups excluding carboxylic acids is 3. The number of hydrogen-bond acceptors (Lipinski definition) is 10. The molecule has 0 aliphatic rings. The van der Waals surface area contributed by atoms with E-state index in [0.717, 1.165) is 116 Å². The summed E-state index contributed by atoms with van der Waals surface area (Å²) in [5.41, 5.74) is 0. The lowest BCUT2D eigenvalue weighted by Gasteiger charge is -2.21. The first-order chi connectivity index (χ1) is 34.2. The molecule has 0 aliphatic carbocycles. The van der Waals surface area contributed by atoms with Crippen LogP contribution >= 0.6 is 7.82 Å². The third-order valence-corrected chi connectivity index (χ3v) is 13.1. The van der Waals surface area contributed by atoms with Crippen LogP contribution in [0.25, 0.3) is 0 Å². The van der Waals surface area contributed by atoms with Crippen molar-refractivity contribution in [2.45, 2.75) is 277 Å². The highest BCUT2D eigenvalue weighted by atomic mass is 31.2. The molecule has 70 heavy (non-hydrogen) atoms. The molecule has 0 bridgehead atoms. The first kappa shape index (κ1) is 67.4. The van der Waals surface area contributed by atoms with E-state index in [0.29, 0.717) is 19.3 Å². The maximum Gasteiger partial charge on any atom is 0.472 e. The zero-order chi connectivity index (χ0) is 51.3. The van der Waals surface area contributed by atoms with Crippen molar-refractivity contribution in [3.8, 4) is 0 Å². The Balaban J connectivity index is 4.74. The van der Waals surface area contributed by atoms with Gasteiger partial charge in [-0.15, -0.1) is 0 Å². The van der Waals surface area contributed by atoms with Crippen LogP contribution in [0.15, 0.2) is 48.6 Å². The molecule has 12 heteroatoms. The van der Waals surface area contributed by atoms with Gasteiger partial charge in [0.15, 0.2) is 6.10 Å². The lowest BCUT2D eigenvalue weighted by molar-refractivity contribution is -0.161. The fourth-order valence-corrected chi connectivity index (χ4v) is 8.57. The second-order valence-corrected chi connectivity index (χ2v) is 20.5. The number of phosphoric ester groups is 1. The molecule has 11 nitrogen and oxygen atoms in total. The van der Waals surface area contributed by atoms with E-state index in [9.17, 15) is 28.9 Å². The first-order valence-corrected chi connectivity index (χ1v) is 30.0. The van der Waals surface area contributed by atoms with Crippen LogP contribution in [0.1, 0.15) is 265 Å². The molecule has 3 atom stereocenters. The van der Waals surface area contributed by atoms with Crippen LogP contribution in [0.4, 0.5) is 0 Å². The largest absolute Gasteiger partial charge is 0.472 e. The van der Waals surface area contributed by atoms with Gasteiger partial charge in [0.2, 0.25) is 0 Å². The minimum absolute atomic E-state index is 0.158. The Morgan fingerprint density at radius 2 is 0.700 bits per heavy atom. The van der Waals surface area contributed by atoms with E-state index < -0.39 is 57.8 Å². The molecule has 0 fully saturated rings. The molecular weight excluding hydrogens is 904 g/mol. The average molecular weight is 1010 g/mol. The van der Waals surface area contributed by atoms with Crippen molar-refractivity contribution in [3.05, 3.63) is 48.6 Å². The summed E-state index contributed by atoms with van der Waals surface area (Å²) in [5, 5.41) is 9.80. The first-order valence-electron chi connectivity index (χ1n) is 28.5. The number of esters is 3. The van der Waals surface area contributed by atoms with E-state index in [1.807, 2.05) is 0 Å². The van der Waals surface area contributed by atoms with Crippen molar-refractivity contribution in [1.29, 1.82) is 0 Å². The van der Waals surface area contributed by atoms with Gasteiger partial charge in [0, 0.05) is 19.3 Å². The number of unbranched alkanes of at least 4 members (excludes halogenated alkanes) is 28. The molecular formula is C58H105O11P. The molecule has 0 aliphatic heterocycles. The molecule has 0 spiro atoms. The molecule has 0 radical (unpaired) electrons. The summed E-state index contributed by atoms with van der Waals surface area (Å²) in [7, 11) is -4.75. The highest BCUT2D eigenvalue weighted by Gasteiger charge is 2.28. The van der Waals surface area contributed by atoms with Gasteiger partial charge in [-0.05, 0) is 103 Å². The van der Waals surface area contributed by atoms with E-state index in [1.165, 1.54) is 89.9 Å². The molecule has 0 saturated heterocycles. The molecule has 0 saturated carbocycles. The molecule has 0 rings (SSSR count). The molecule has 0 aromatic heterocycles. The van der Waals surface area contributed by atoms with Gasteiger partial charge in [-0.2, -0.15) is 0 Å². The van der Waals surface area contributed by atoms with E-state index in [4.69, 9.17) is 23.3 Å². The Kier molecular flexibility index (Phi) is 50.8. The minimum atomic E-state index is -4.75. The monoisotopic (exact) mass is 1010 g/mol. The molecule has 3 unspecified atom stereocenters. The highest BCUT2D eigenvalue weighted by molar-refractivity contribution is 7.47. The van der Waals surface area contributed by atoms with Crippen molar-refractivity contribution >= 4 is 25.7 Å². The van der Waals surface area contributed by atoms with Crippen molar-refractivity contribution in [2.75, 3.05) is 26.4 Å². The lowest BCUT2D eigenvalue weighted by atomic mass is 10.1. The van der Waals surface area contributed by atoms with Crippen molar-refractivity contribution in [3.63, 3.8) is 0 Å². The fraction of sp³-hybridized carbons (Fsp3) is 0.810. The van der Waals surface area contributed by atoms with Crippen LogP contribution < -0.4 is 0 Å². The van der Waals surface area contributed by atoms with Gasteiger partial charge in [-0.1, -0.05) is 191 Å². The topological polar surface area (TPSA) is 155 Å². The summed E-state index contributed by atoms with van der Waals surface area (Å²) in [4.78, 5) is 48.5. The van der Waals surface area contributed by atoms with Crippen molar-refractivity contribution in [1.82, 2.24) is 0 Å². The Morgan fingerprint density at radius 3 is 1.10 bits per heavy atom. The summed E-state index contributed by atoms with van der Waals surface area (Å²) in [5.74, 6) is -1.48. The fourth-order valence-electron chi connectivity index (χ4n) is 7.79. The number of aliphatic hydroxyl groups excluding tert-OH is 1. The van der Waals surface area contributed by atoms with Gasteiger partial charge >= 0.3 is 25.7 Å². The maximum absolute atomic E-state index is 12.9. The number of aliphatic hydroxyl groups is 1. The van der Waals surface area contributed by atoms with Crippen molar-refractivity contribution in [2.24, 2.45) is 0 Å². The second kappa shape index (κ2) is 52.8. The van der Waals surface area contributed by atoms with Gasteiger partial charge in [0.25, 0.3) is 0 Å². The SMILES string of the molecule is CCCCC/C=C\C/C=C\CCCCCCCCCC(=O)OC(COC(=O)CCCCCCC/C=C\CCCCCC)COP(=O)(O)OCC(CO)OC(=O)CCCCCCC/C=C\CCCCCC. The number of allylic oxidation sites excluding steroid dienone is 8. The van der Waals surface area contributed by atoms with E-state index in [2.05, 4.69) is 69.4 Å². The van der Waals surface area contributed by atoms with E-state index in [1.54, 1.807) is 0 Å². The standard InChI is InChI=1S/C58H105O11P/c1-4-7-10-13-16-19-22-25-26-27-28-31-34-37-40-43-46-49-58(62)69-55(51-65-56(60)47-44-41-38-35-32-29-23-20-17-14-11-8-5-2)53-67-70(63,64)66-52-54(50-59)68-57(61)48-45-42-39-36-33-30-24-21-18-15-12-9-6-3/h16,19-21,23-26,54-55,59H,4-15,17-18,22,27-53H2,1-3H3,(H,63,64)/b19-16-,23-20-,24-21-,26-25-. The van der Waals surface area contributed by atoms with Crippen molar-refractivity contribution < 1.29 is 52.2 Å². The Hall–Kier alpha value is -2.56.